The van der Waals surface area contributed by atoms with Gasteiger partial charge in [-0.15, -0.1) is 11.8 Å². The number of carbonyl (C=O) groups is 7. The first-order valence-corrected chi connectivity index (χ1v) is 24.5. The molecule has 0 aliphatic carbocycles. The zero-order chi connectivity index (χ0) is 48.6. The fourth-order valence-corrected chi connectivity index (χ4v) is 9.96. The molecule has 16 nitrogen and oxygen atoms in total. The third kappa shape index (κ3) is 17.4. The normalized spacial score (nSPS) is 19.3. The van der Waals surface area contributed by atoms with E-state index in [0.717, 1.165) is 78.1 Å². The number of nitrogens with zero attached hydrogens (tertiary/aromatic N) is 1. The number of hydrogen-bond acceptors (Lipinski definition) is 11. The molecule has 3 rings (SSSR count). The number of fused-ring (bicyclic) bond motifs is 1. The lowest BCUT2D eigenvalue weighted by molar-refractivity contribution is -0.148. The number of benzene rings is 1. The highest BCUT2D eigenvalue weighted by Gasteiger charge is 2.40. The van der Waals surface area contributed by atoms with E-state index in [-0.39, 0.29) is 37.2 Å². The topological polar surface area (TPSA) is 252 Å². The summed E-state index contributed by atoms with van der Waals surface area (Å²) < 4.78 is 12.8. The van der Waals surface area contributed by atoms with E-state index in [1.54, 1.807) is 0 Å². The summed E-state index contributed by atoms with van der Waals surface area (Å²) in [6.07, 6.45) is 11.8. The average Bonchev–Trinajstić information content (AvgIpc) is 3.74. The van der Waals surface area contributed by atoms with Gasteiger partial charge in [-0.1, -0.05) is 72.6 Å². The van der Waals surface area contributed by atoms with Gasteiger partial charge in [0.2, 0.25) is 17.7 Å². The van der Waals surface area contributed by atoms with Crippen molar-refractivity contribution in [2.45, 2.75) is 187 Å². The second kappa shape index (κ2) is 26.1. The minimum atomic E-state index is -1.42. The Hall–Kier alpha value is -4.38. The Morgan fingerprint density at radius 2 is 1.52 bits per heavy atom. The Bertz CT molecular complexity index is 1840. The second-order valence-corrected chi connectivity index (χ2v) is 20.4. The number of ether oxygens (including phenoxy) is 2. The van der Waals surface area contributed by atoms with Gasteiger partial charge in [0.15, 0.2) is 0 Å². The lowest BCUT2D eigenvalue weighted by atomic mass is 9.83. The van der Waals surface area contributed by atoms with Crippen molar-refractivity contribution in [2.75, 3.05) is 18.8 Å². The van der Waals surface area contributed by atoms with Gasteiger partial charge in [0.05, 0.1) is 11.7 Å². The maximum absolute atomic E-state index is 14.1. The highest BCUT2D eigenvalue weighted by atomic mass is 32.2. The molecule has 366 valence electrons. The molecule has 7 atom stereocenters. The van der Waals surface area contributed by atoms with E-state index in [9.17, 15) is 38.7 Å². The molecule has 5 unspecified atom stereocenters. The molecule has 1 saturated heterocycles. The summed E-state index contributed by atoms with van der Waals surface area (Å²) in [4.78, 5) is 89.5. The van der Waals surface area contributed by atoms with Crippen molar-refractivity contribution in [1.82, 2.24) is 15.5 Å². The maximum atomic E-state index is 14.1. The number of carbonyl (C=O) groups excluding carboxylic acids is 4. The number of carboxylic acids is 3. The number of nitrogens with one attached hydrogen (secondary N) is 2. The SMILES string of the molecule is Cc1c(C)c2c(c(C)c1OC(=O)CC(SC[C@H](NC(=O)CC[C@H](N)C(=O)O)C(=O)NCC(=O)O)C(=O)N1CCCC1C(=O)O)CCC(C)(CCCC(C)CCCC(C)CCCC(C)C)O2. The summed E-state index contributed by atoms with van der Waals surface area (Å²) in [5.74, 6) is -3.98. The third-order valence-corrected chi connectivity index (χ3v) is 14.3. The van der Waals surface area contributed by atoms with Crippen molar-refractivity contribution in [2.24, 2.45) is 23.5 Å². The Labute approximate surface area is 389 Å². The number of carboxylic acid groups (broad SMARTS) is 3. The first kappa shape index (κ1) is 55.0. The Morgan fingerprint density at radius 3 is 2.12 bits per heavy atom. The van der Waals surface area contributed by atoms with Crippen LogP contribution in [-0.4, -0.2) is 110 Å². The highest BCUT2D eigenvalue weighted by molar-refractivity contribution is 8.00. The average molecular weight is 933 g/mol. The maximum Gasteiger partial charge on any atom is 0.326 e. The smallest absolute Gasteiger partial charge is 0.326 e. The number of amides is 3. The van der Waals surface area contributed by atoms with Crippen LogP contribution in [0.15, 0.2) is 0 Å². The van der Waals surface area contributed by atoms with Crippen LogP contribution in [-0.2, 0) is 40.0 Å². The monoisotopic (exact) mass is 933 g/mol. The van der Waals surface area contributed by atoms with Gasteiger partial charge in [-0.3, -0.25) is 28.8 Å². The zero-order valence-electron chi connectivity index (χ0n) is 39.9. The van der Waals surface area contributed by atoms with Crippen LogP contribution in [0.4, 0.5) is 0 Å². The van der Waals surface area contributed by atoms with Crippen LogP contribution in [0.25, 0.3) is 0 Å². The van der Waals surface area contributed by atoms with Crippen LogP contribution >= 0.6 is 11.8 Å². The summed E-state index contributed by atoms with van der Waals surface area (Å²) in [6.45, 7) is 16.5. The molecule has 0 spiro atoms. The van der Waals surface area contributed by atoms with Crippen molar-refractivity contribution < 1.29 is 58.4 Å². The van der Waals surface area contributed by atoms with E-state index in [0.29, 0.717) is 23.7 Å². The van der Waals surface area contributed by atoms with Crippen LogP contribution in [0.2, 0.25) is 0 Å². The van der Waals surface area contributed by atoms with Crippen LogP contribution < -0.4 is 25.8 Å². The van der Waals surface area contributed by atoms with Gasteiger partial charge in [-0.05, 0) is 107 Å². The summed E-state index contributed by atoms with van der Waals surface area (Å²) in [7, 11) is 0. The lowest BCUT2D eigenvalue weighted by Gasteiger charge is -2.38. The Kier molecular flexibility index (Phi) is 22.1. The molecule has 17 heteroatoms. The van der Waals surface area contributed by atoms with Gasteiger partial charge < -0.3 is 46.1 Å². The van der Waals surface area contributed by atoms with Gasteiger partial charge in [0.25, 0.3) is 0 Å². The first-order chi connectivity index (χ1) is 30.5. The van der Waals surface area contributed by atoms with Crippen molar-refractivity contribution >= 4 is 53.4 Å². The van der Waals surface area contributed by atoms with Crippen molar-refractivity contribution in [3.63, 3.8) is 0 Å². The number of rotatable bonds is 28. The molecule has 0 saturated carbocycles. The number of hydrogen-bond donors (Lipinski definition) is 6. The van der Waals surface area contributed by atoms with Crippen LogP contribution in [0.3, 0.4) is 0 Å². The minimum Gasteiger partial charge on any atom is -0.487 e. The fraction of sp³-hybridized carbons (Fsp3) is 0.729. The van der Waals surface area contributed by atoms with Crippen molar-refractivity contribution in [1.29, 1.82) is 0 Å². The molecule has 2 aliphatic heterocycles. The number of nitrogens with two attached hydrogens (primary N) is 1. The van der Waals surface area contributed by atoms with E-state index in [2.05, 4.69) is 45.3 Å². The number of aliphatic carboxylic acids is 3. The summed E-state index contributed by atoms with van der Waals surface area (Å²) in [5.41, 5.74) is 8.41. The molecule has 2 heterocycles. The van der Waals surface area contributed by atoms with Crippen molar-refractivity contribution in [3.05, 3.63) is 22.3 Å². The highest BCUT2D eigenvalue weighted by Crippen LogP contribution is 2.45. The molecule has 1 aromatic rings. The second-order valence-electron chi connectivity index (χ2n) is 19.2. The molecule has 2 aliphatic rings. The first-order valence-electron chi connectivity index (χ1n) is 23.5. The molecule has 0 aromatic heterocycles. The van der Waals surface area contributed by atoms with Crippen molar-refractivity contribution in [3.8, 4) is 11.5 Å². The van der Waals surface area contributed by atoms with E-state index in [1.165, 1.54) is 43.4 Å². The largest absolute Gasteiger partial charge is 0.487 e. The quantitative estimate of drug-likeness (QED) is 0.0389. The summed E-state index contributed by atoms with van der Waals surface area (Å²) in [5, 5.41) is 31.5. The van der Waals surface area contributed by atoms with Gasteiger partial charge in [-0.2, -0.15) is 0 Å². The molecule has 0 radical (unpaired) electrons. The van der Waals surface area contributed by atoms with E-state index < -0.39 is 77.9 Å². The molecule has 0 bridgehead atoms. The number of likely N-dealkylation sites (tertiary alicyclic amines) is 1. The molecule has 1 aromatic carbocycles. The number of esters is 1. The predicted octanol–water partition coefficient (Wildman–Crippen LogP) is 6.49. The molecular formula is C48H76N4O12S. The summed E-state index contributed by atoms with van der Waals surface area (Å²) in [6, 6.07) is -3.89. The van der Waals surface area contributed by atoms with E-state index >= 15 is 0 Å². The minimum absolute atomic E-state index is 0.128. The lowest BCUT2D eigenvalue weighted by Crippen LogP contribution is -2.50. The summed E-state index contributed by atoms with van der Waals surface area (Å²) >= 11 is 0.814. The van der Waals surface area contributed by atoms with Crippen LogP contribution in [0.1, 0.15) is 153 Å². The number of thioether (sulfide) groups is 1. The third-order valence-electron chi connectivity index (χ3n) is 13.0. The molecule has 7 N–H and O–H groups in total. The predicted molar refractivity (Wildman–Crippen MR) is 249 cm³/mol. The van der Waals surface area contributed by atoms with Crippen LogP contribution in [0.5, 0.6) is 11.5 Å². The fourth-order valence-electron chi connectivity index (χ4n) is 8.77. The van der Waals surface area contributed by atoms with Crippen LogP contribution in [0, 0.1) is 38.5 Å². The molecule has 1 fully saturated rings. The molecule has 3 amide bonds. The zero-order valence-corrected chi connectivity index (χ0v) is 40.7. The van der Waals surface area contributed by atoms with Gasteiger partial charge in [0, 0.05) is 24.3 Å². The van der Waals surface area contributed by atoms with Gasteiger partial charge in [-0.25, -0.2) is 4.79 Å². The van der Waals surface area contributed by atoms with Gasteiger partial charge in [0.1, 0.15) is 41.8 Å². The van der Waals surface area contributed by atoms with E-state index in [4.69, 9.17) is 25.4 Å². The standard InChI is InChI=1S/C48H76N4O12S/c1-28(2)13-9-14-29(3)15-10-16-30(4)17-11-22-48(8)23-21-34-33(7)42(31(5)32(6)43(34)64-48)63-41(56)25-38(45(58)52-24-12-18-37(52)47(61)62)65-27-36(44(57)50-26-40(54)55)51-39(53)20-19-35(49)46(59)60/h28-30,35-38H,9-27,49H2,1-8H3,(H,50,57)(H,51,53)(H,54,55)(H,59,60)(H,61,62)/t29?,30?,35-,36-,37?,38?,48?/m0/s1. The molecule has 65 heavy (non-hydrogen) atoms. The van der Waals surface area contributed by atoms with Gasteiger partial charge >= 0.3 is 23.9 Å². The van der Waals surface area contributed by atoms with E-state index in [1.807, 2.05) is 20.8 Å². The Balaban J connectivity index is 1.73. The molecular weight excluding hydrogens is 857 g/mol. The Morgan fingerprint density at radius 1 is 0.892 bits per heavy atom.